The SMILES string of the molecule is CS(=O)(=O)N1CCc2cc(C(=O)Cn3c(=O)c(C#N)c4n(c3=O)CCC4)ccc21. The lowest BCUT2D eigenvalue weighted by atomic mass is 10.1. The van der Waals surface area contributed by atoms with Gasteiger partial charge in [0.25, 0.3) is 5.56 Å². The van der Waals surface area contributed by atoms with Crippen LogP contribution in [-0.2, 0) is 36.0 Å². The molecule has 0 N–H and O–H groups in total. The highest BCUT2D eigenvalue weighted by molar-refractivity contribution is 7.92. The van der Waals surface area contributed by atoms with E-state index >= 15 is 0 Å². The molecule has 2 aromatic rings. The van der Waals surface area contributed by atoms with Crippen LogP contribution in [0.15, 0.2) is 27.8 Å². The van der Waals surface area contributed by atoms with Crippen molar-refractivity contribution < 1.29 is 13.2 Å². The summed E-state index contributed by atoms with van der Waals surface area (Å²) in [5.41, 5.74) is 0.553. The molecule has 0 radical (unpaired) electrons. The molecule has 0 amide bonds. The molecule has 2 aliphatic heterocycles. The van der Waals surface area contributed by atoms with E-state index in [0.717, 1.165) is 16.4 Å². The fourth-order valence-corrected chi connectivity index (χ4v) is 4.97. The lowest BCUT2D eigenvalue weighted by molar-refractivity contribution is 0.0968. The highest BCUT2D eigenvalue weighted by atomic mass is 32.2. The number of fused-ring (bicyclic) bond motifs is 2. The minimum Gasteiger partial charge on any atom is -0.296 e. The molecule has 0 saturated heterocycles. The number of rotatable bonds is 4. The molecular weight excluding hydrogens is 396 g/mol. The molecule has 0 spiro atoms. The third-order valence-electron chi connectivity index (χ3n) is 5.40. The van der Waals surface area contributed by atoms with E-state index < -0.39 is 33.6 Å². The van der Waals surface area contributed by atoms with Crippen LogP contribution in [0, 0.1) is 11.3 Å². The molecule has 0 atom stereocenters. The van der Waals surface area contributed by atoms with Gasteiger partial charge in [0, 0.05) is 24.3 Å². The molecule has 1 aromatic carbocycles. The largest absolute Gasteiger partial charge is 0.331 e. The van der Waals surface area contributed by atoms with Crippen molar-refractivity contribution in [3.05, 3.63) is 61.4 Å². The minimum atomic E-state index is -3.39. The number of carbonyl (C=O) groups is 1. The zero-order valence-corrected chi connectivity index (χ0v) is 16.5. The van der Waals surface area contributed by atoms with E-state index in [0.29, 0.717) is 43.7 Å². The summed E-state index contributed by atoms with van der Waals surface area (Å²) in [7, 11) is -3.39. The summed E-state index contributed by atoms with van der Waals surface area (Å²) in [4.78, 5) is 38.0. The lowest BCUT2D eigenvalue weighted by Gasteiger charge is -2.16. The van der Waals surface area contributed by atoms with Crippen molar-refractivity contribution in [2.45, 2.75) is 32.4 Å². The molecule has 10 heteroatoms. The zero-order valence-electron chi connectivity index (χ0n) is 15.7. The summed E-state index contributed by atoms with van der Waals surface area (Å²) >= 11 is 0. The van der Waals surface area contributed by atoms with E-state index in [-0.39, 0.29) is 11.1 Å². The third kappa shape index (κ3) is 3.07. The fraction of sp³-hybridized carbons (Fsp3) is 0.368. The highest BCUT2D eigenvalue weighted by Crippen LogP contribution is 2.30. The number of benzene rings is 1. The first-order valence-electron chi connectivity index (χ1n) is 9.13. The standard InChI is InChI=1S/C19H18N4O5S/c1-29(27,28)23-8-6-12-9-13(4-5-15(12)23)17(24)11-22-18(25)14(10-20)16-3-2-7-21(16)19(22)26/h4-5,9H,2-3,6-8,11H2,1H3. The van der Waals surface area contributed by atoms with Gasteiger partial charge in [0.15, 0.2) is 5.78 Å². The van der Waals surface area contributed by atoms with Gasteiger partial charge < -0.3 is 0 Å². The summed E-state index contributed by atoms with van der Waals surface area (Å²) in [6, 6.07) is 6.52. The number of anilines is 1. The Labute approximate surface area is 166 Å². The Morgan fingerprint density at radius 3 is 2.66 bits per heavy atom. The number of sulfonamides is 1. The molecular formula is C19H18N4O5S. The molecule has 0 unspecified atom stereocenters. The highest BCUT2D eigenvalue weighted by Gasteiger charge is 2.28. The van der Waals surface area contributed by atoms with Crippen molar-refractivity contribution in [3.8, 4) is 6.07 Å². The van der Waals surface area contributed by atoms with E-state index in [1.165, 1.54) is 14.9 Å². The maximum atomic E-state index is 12.8. The van der Waals surface area contributed by atoms with Crippen LogP contribution in [0.3, 0.4) is 0 Å². The molecule has 0 aliphatic carbocycles. The second-order valence-electron chi connectivity index (χ2n) is 7.21. The smallest absolute Gasteiger partial charge is 0.296 e. The normalized spacial score (nSPS) is 15.1. The van der Waals surface area contributed by atoms with Gasteiger partial charge in [0.1, 0.15) is 11.6 Å². The van der Waals surface area contributed by atoms with Gasteiger partial charge in [-0.3, -0.25) is 23.0 Å². The molecule has 0 fully saturated rings. The summed E-state index contributed by atoms with van der Waals surface area (Å²) < 4.78 is 27.2. The lowest BCUT2D eigenvalue weighted by Crippen LogP contribution is -2.43. The number of hydrogen-bond acceptors (Lipinski definition) is 6. The molecule has 9 nitrogen and oxygen atoms in total. The van der Waals surface area contributed by atoms with Crippen LogP contribution in [0.4, 0.5) is 5.69 Å². The van der Waals surface area contributed by atoms with Gasteiger partial charge in [-0.15, -0.1) is 0 Å². The van der Waals surface area contributed by atoms with Crippen molar-refractivity contribution in [1.29, 1.82) is 5.26 Å². The van der Waals surface area contributed by atoms with Crippen LogP contribution in [0.5, 0.6) is 0 Å². The Kier molecular flexibility index (Phi) is 4.42. The van der Waals surface area contributed by atoms with Gasteiger partial charge in [-0.2, -0.15) is 5.26 Å². The Morgan fingerprint density at radius 2 is 1.97 bits per heavy atom. The molecule has 2 aliphatic rings. The average molecular weight is 414 g/mol. The maximum Gasteiger partial charge on any atom is 0.331 e. The van der Waals surface area contributed by atoms with Gasteiger partial charge >= 0.3 is 5.69 Å². The number of aromatic nitrogens is 2. The van der Waals surface area contributed by atoms with Gasteiger partial charge in [-0.25, -0.2) is 13.2 Å². The van der Waals surface area contributed by atoms with Gasteiger partial charge in [-0.05, 0) is 43.0 Å². The average Bonchev–Trinajstić information content (AvgIpc) is 3.31. The van der Waals surface area contributed by atoms with Crippen LogP contribution < -0.4 is 15.6 Å². The number of hydrogen-bond donors (Lipinski definition) is 0. The fourth-order valence-electron chi connectivity index (χ4n) is 4.01. The number of nitriles is 1. The number of ketones is 1. The second kappa shape index (κ2) is 6.70. The van der Waals surface area contributed by atoms with E-state index in [2.05, 4.69) is 0 Å². The van der Waals surface area contributed by atoms with Crippen LogP contribution in [0.1, 0.15) is 33.6 Å². The Morgan fingerprint density at radius 1 is 1.21 bits per heavy atom. The summed E-state index contributed by atoms with van der Waals surface area (Å²) in [5.74, 6) is -0.452. The van der Waals surface area contributed by atoms with Gasteiger partial charge in [0.05, 0.1) is 18.5 Å². The van der Waals surface area contributed by atoms with Crippen molar-refractivity contribution in [2.75, 3.05) is 17.1 Å². The van der Waals surface area contributed by atoms with E-state index in [9.17, 15) is 28.1 Å². The van der Waals surface area contributed by atoms with Crippen LogP contribution >= 0.6 is 0 Å². The summed E-state index contributed by atoms with van der Waals surface area (Å²) in [6.07, 6.45) is 2.76. The number of carbonyl (C=O) groups excluding carboxylic acids is 1. The number of nitrogens with zero attached hydrogens (tertiary/aromatic N) is 4. The van der Waals surface area contributed by atoms with Crippen molar-refractivity contribution in [3.63, 3.8) is 0 Å². The summed E-state index contributed by atoms with van der Waals surface area (Å²) in [5, 5.41) is 9.33. The van der Waals surface area contributed by atoms with Crippen LogP contribution in [0.25, 0.3) is 0 Å². The first-order valence-corrected chi connectivity index (χ1v) is 11.0. The second-order valence-corrected chi connectivity index (χ2v) is 9.12. The molecule has 29 heavy (non-hydrogen) atoms. The Bertz CT molecular complexity index is 1310. The quantitative estimate of drug-likeness (QED) is 0.651. The van der Waals surface area contributed by atoms with E-state index in [1.54, 1.807) is 12.1 Å². The van der Waals surface area contributed by atoms with Crippen molar-refractivity contribution in [1.82, 2.24) is 9.13 Å². The molecule has 0 saturated carbocycles. The van der Waals surface area contributed by atoms with Crippen LogP contribution in [-0.4, -0.2) is 36.1 Å². The van der Waals surface area contributed by atoms with Crippen molar-refractivity contribution >= 4 is 21.5 Å². The Hall–Kier alpha value is -3.19. The Balaban J connectivity index is 1.70. The zero-order chi connectivity index (χ0) is 20.9. The molecule has 1 aromatic heterocycles. The third-order valence-corrected chi connectivity index (χ3v) is 6.58. The van der Waals surface area contributed by atoms with E-state index in [4.69, 9.17) is 0 Å². The predicted octanol–water partition coefficient (Wildman–Crippen LogP) is 0.0329. The van der Waals surface area contributed by atoms with E-state index in [1.807, 2.05) is 6.07 Å². The van der Waals surface area contributed by atoms with Gasteiger partial charge in [0.2, 0.25) is 10.0 Å². The molecule has 4 rings (SSSR count). The van der Waals surface area contributed by atoms with Crippen molar-refractivity contribution in [2.24, 2.45) is 0 Å². The maximum absolute atomic E-state index is 12.8. The minimum absolute atomic E-state index is 0.0901. The number of Topliss-reactive ketones (excluding diaryl/α,β-unsaturated/α-hetero) is 1. The molecule has 0 bridgehead atoms. The molecule has 3 heterocycles. The monoisotopic (exact) mass is 414 g/mol. The van der Waals surface area contributed by atoms with Crippen LogP contribution in [0.2, 0.25) is 0 Å². The predicted molar refractivity (Wildman–Crippen MR) is 105 cm³/mol. The molecule has 150 valence electrons. The topological polar surface area (TPSA) is 122 Å². The first-order chi connectivity index (χ1) is 13.7. The summed E-state index contributed by atoms with van der Waals surface area (Å²) in [6.45, 7) is 0.252. The van der Waals surface area contributed by atoms with Gasteiger partial charge in [-0.1, -0.05) is 0 Å². The first kappa shape index (κ1) is 19.1.